The monoisotopic (exact) mass is 329 g/mol. The van der Waals surface area contributed by atoms with Gasteiger partial charge in [0.1, 0.15) is 0 Å². The number of hydrogen-bond acceptors (Lipinski definition) is 3. The summed E-state index contributed by atoms with van der Waals surface area (Å²) in [5.74, 6) is -1.26. The zero-order chi connectivity index (χ0) is 16.4. The van der Waals surface area contributed by atoms with Crippen molar-refractivity contribution in [1.29, 1.82) is 0 Å². The molecule has 1 heterocycles. The van der Waals surface area contributed by atoms with Gasteiger partial charge in [-0.15, -0.1) is 0 Å². The highest BCUT2D eigenvalue weighted by Crippen LogP contribution is 2.24. The van der Waals surface area contributed by atoms with Crippen LogP contribution >= 0.6 is 11.6 Å². The van der Waals surface area contributed by atoms with Crippen LogP contribution in [0.25, 0.3) is 0 Å². The van der Waals surface area contributed by atoms with Gasteiger partial charge in [0.25, 0.3) is 0 Å². The summed E-state index contributed by atoms with van der Waals surface area (Å²) < 4.78 is 0. The Kier molecular flexibility index (Phi) is 4.21. The fourth-order valence-corrected chi connectivity index (χ4v) is 2.86. The van der Waals surface area contributed by atoms with Crippen LogP contribution in [0.3, 0.4) is 0 Å². The number of amides is 2. The van der Waals surface area contributed by atoms with Crippen molar-refractivity contribution in [2.45, 2.75) is 13.0 Å². The van der Waals surface area contributed by atoms with Crippen LogP contribution < -0.4 is 11.1 Å². The molecule has 2 aromatic carbocycles. The van der Waals surface area contributed by atoms with Gasteiger partial charge in [-0.3, -0.25) is 9.59 Å². The maximum Gasteiger partial charge on any atom is 0.313 e. The normalized spacial score (nSPS) is 13.3. The van der Waals surface area contributed by atoms with Crippen LogP contribution in [0.1, 0.15) is 11.1 Å². The maximum atomic E-state index is 12.3. The van der Waals surface area contributed by atoms with E-state index in [1.54, 1.807) is 17.0 Å². The summed E-state index contributed by atoms with van der Waals surface area (Å²) in [6.45, 7) is 0.969. The predicted molar refractivity (Wildman–Crippen MR) is 90.1 cm³/mol. The molecule has 0 bridgehead atoms. The summed E-state index contributed by atoms with van der Waals surface area (Å²) in [7, 11) is 0. The zero-order valence-electron chi connectivity index (χ0n) is 12.4. The van der Waals surface area contributed by atoms with Crippen molar-refractivity contribution in [3.05, 3.63) is 58.6 Å². The second kappa shape index (κ2) is 6.30. The van der Waals surface area contributed by atoms with Crippen LogP contribution in [-0.2, 0) is 22.6 Å². The van der Waals surface area contributed by atoms with E-state index in [0.29, 0.717) is 29.5 Å². The molecule has 2 aromatic rings. The third-order valence-corrected chi connectivity index (χ3v) is 4.17. The van der Waals surface area contributed by atoms with Gasteiger partial charge in [0.15, 0.2) is 0 Å². The van der Waals surface area contributed by atoms with E-state index in [1.807, 2.05) is 24.3 Å². The first-order chi connectivity index (χ1) is 11.0. The minimum absolute atomic E-state index is 0.301. The smallest absolute Gasteiger partial charge is 0.313 e. The van der Waals surface area contributed by atoms with Gasteiger partial charge in [0.05, 0.1) is 10.7 Å². The number of anilines is 2. The SMILES string of the molecule is Nc1ccc(NC(=O)C(=O)N2CCc3ccccc3C2)c(Cl)c1. The van der Waals surface area contributed by atoms with E-state index in [1.165, 1.54) is 11.6 Å². The molecule has 0 saturated carbocycles. The summed E-state index contributed by atoms with van der Waals surface area (Å²) >= 11 is 6.01. The van der Waals surface area contributed by atoms with Gasteiger partial charge in [-0.05, 0) is 35.7 Å². The Bertz CT molecular complexity index is 776. The Morgan fingerprint density at radius 3 is 2.61 bits per heavy atom. The van der Waals surface area contributed by atoms with Crippen molar-refractivity contribution in [3.63, 3.8) is 0 Å². The van der Waals surface area contributed by atoms with E-state index in [2.05, 4.69) is 5.32 Å². The van der Waals surface area contributed by atoms with E-state index < -0.39 is 11.8 Å². The zero-order valence-corrected chi connectivity index (χ0v) is 13.1. The molecule has 3 rings (SSSR count). The molecule has 5 nitrogen and oxygen atoms in total. The van der Waals surface area contributed by atoms with Gasteiger partial charge in [0, 0.05) is 18.8 Å². The third kappa shape index (κ3) is 3.29. The average molecular weight is 330 g/mol. The van der Waals surface area contributed by atoms with Crippen LogP contribution in [0.15, 0.2) is 42.5 Å². The molecule has 0 aliphatic carbocycles. The lowest BCUT2D eigenvalue weighted by molar-refractivity contribution is -0.143. The highest BCUT2D eigenvalue weighted by Gasteiger charge is 2.26. The first-order valence-corrected chi connectivity index (χ1v) is 7.64. The highest BCUT2D eigenvalue weighted by molar-refractivity contribution is 6.41. The lowest BCUT2D eigenvalue weighted by Gasteiger charge is -2.28. The van der Waals surface area contributed by atoms with Gasteiger partial charge in [-0.2, -0.15) is 0 Å². The molecule has 0 unspecified atom stereocenters. The first-order valence-electron chi connectivity index (χ1n) is 7.26. The Morgan fingerprint density at radius 1 is 1.13 bits per heavy atom. The number of nitrogens with one attached hydrogen (secondary N) is 1. The Labute approximate surface area is 139 Å². The van der Waals surface area contributed by atoms with Crippen molar-refractivity contribution in [2.75, 3.05) is 17.6 Å². The Balaban J connectivity index is 1.70. The summed E-state index contributed by atoms with van der Waals surface area (Å²) in [5.41, 5.74) is 8.77. The number of fused-ring (bicyclic) bond motifs is 1. The molecule has 0 atom stereocenters. The Hall–Kier alpha value is -2.53. The number of rotatable bonds is 1. The van der Waals surface area contributed by atoms with E-state index in [4.69, 9.17) is 17.3 Å². The summed E-state index contributed by atoms with van der Waals surface area (Å²) in [5, 5.41) is 2.84. The fraction of sp³-hybridized carbons (Fsp3) is 0.176. The second-order valence-electron chi connectivity index (χ2n) is 5.44. The number of halogens is 1. The number of carbonyl (C=O) groups excluding carboxylic acids is 2. The maximum absolute atomic E-state index is 12.3. The van der Waals surface area contributed by atoms with Crippen molar-refractivity contribution in [1.82, 2.24) is 4.90 Å². The largest absolute Gasteiger partial charge is 0.399 e. The van der Waals surface area contributed by atoms with Gasteiger partial charge in [-0.25, -0.2) is 0 Å². The topological polar surface area (TPSA) is 75.4 Å². The van der Waals surface area contributed by atoms with E-state index in [-0.39, 0.29) is 0 Å². The van der Waals surface area contributed by atoms with Gasteiger partial charge < -0.3 is 16.0 Å². The molecule has 1 aliphatic heterocycles. The number of nitrogen functional groups attached to an aromatic ring is 1. The fourth-order valence-electron chi connectivity index (χ4n) is 2.62. The molecule has 0 fully saturated rings. The van der Waals surface area contributed by atoms with Gasteiger partial charge in [-0.1, -0.05) is 35.9 Å². The van der Waals surface area contributed by atoms with Crippen molar-refractivity contribution < 1.29 is 9.59 Å². The van der Waals surface area contributed by atoms with E-state index >= 15 is 0 Å². The average Bonchev–Trinajstić information content (AvgIpc) is 2.56. The molecule has 2 amide bonds. The predicted octanol–water partition coefficient (Wildman–Crippen LogP) is 2.45. The van der Waals surface area contributed by atoms with Gasteiger partial charge >= 0.3 is 11.8 Å². The lowest BCUT2D eigenvalue weighted by Crippen LogP contribution is -2.42. The van der Waals surface area contributed by atoms with Crippen LogP contribution in [0.4, 0.5) is 11.4 Å². The first kappa shape index (κ1) is 15.4. The van der Waals surface area contributed by atoms with Crippen LogP contribution in [0.5, 0.6) is 0 Å². The van der Waals surface area contributed by atoms with Crippen molar-refractivity contribution in [3.8, 4) is 0 Å². The molecule has 0 saturated heterocycles. The van der Waals surface area contributed by atoms with Crippen LogP contribution in [0.2, 0.25) is 5.02 Å². The molecule has 0 spiro atoms. The minimum atomic E-state index is -0.698. The number of benzene rings is 2. The third-order valence-electron chi connectivity index (χ3n) is 3.85. The van der Waals surface area contributed by atoms with Crippen molar-refractivity contribution >= 4 is 34.8 Å². The molecule has 6 heteroatoms. The quantitative estimate of drug-likeness (QED) is 0.623. The standard InChI is InChI=1S/C17H16ClN3O2/c18-14-9-13(19)5-6-15(14)20-16(22)17(23)21-8-7-11-3-1-2-4-12(11)10-21/h1-6,9H,7-8,10,19H2,(H,20,22). The minimum Gasteiger partial charge on any atom is -0.399 e. The lowest BCUT2D eigenvalue weighted by atomic mass is 10.00. The molecular formula is C17H16ClN3O2. The summed E-state index contributed by atoms with van der Waals surface area (Å²) in [6, 6.07) is 12.7. The number of nitrogens with two attached hydrogens (primary N) is 1. The van der Waals surface area contributed by atoms with E-state index in [9.17, 15) is 9.59 Å². The molecule has 118 valence electrons. The molecule has 3 N–H and O–H groups in total. The van der Waals surface area contributed by atoms with Crippen LogP contribution in [0, 0.1) is 0 Å². The Morgan fingerprint density at radius 2 is 1.87 bits per heavy atom. The summed E-state index contributed by atoms with van der Waals surface area (Å²) in [4.78, 5) is 26.0. The molecule has 1 aliphatic rings. The second-order valence-corrected chi connectivity index (χ2v) is 5.85. The molecule has 0 aromatic heterocycles. The summed E-state index contributed by atoms with van der Waals surface area (Å²) in [6.07, 6.45) is 0.748. The number of carbonyl (C=O) groups is 2. The van der Waals surface area contributed by atoms with Gasteiger partial charge in [0.2, 0.25) is 0 Å². The number of nitrogens with zero attached hydrogens (tertiary/aromatic N) is 1. The molecule has 0 radical (unpaired) electrons. The van der Waals surface area contributed by atoms with Crippen molar-refractivity contribution in [2.24, 2.45) is 0 Å². The van der Waals surface area contributed by atoms with Crippen LogP contribution in [-0.4, -0.2) is 23.3 Å². The molecular weight excluding hydrogens is 314 g/mol. The van der Waals surface area contributed by atoms with E-state index in [0.717, 1.165) is 12.0 Å². The highest BCUT2D eigenvalue weighted by atomic mass is 35.5. The number of hydrogen-bond donors (Lipinski definition) is 2. The molecule has 23 heavy (non-hydrogen) atoms.